The molecule has 0 saturated heterocycles. The summed E-state index contributed by atoms with van der Waals surface area (Å²) in [5.74, 6) is 0.280. The van der Waals surface area contributed by atoms with E-state index >= 15 is 0 Å². The Bertz CT molecular complexity index is 1120. The Balaban J connectivity index is 1.58. The molecule has 5 rings (SSSR count). The minimum absolute atomic E-state index is 0.0956. The van der Waals surface area contributed by atoms with E-state index in [1.54, 1.807) is 0 Å². The first-order chi connectivity index (χ1) is 12.2. The lowest BCUT2D eigenvalue weighted by Crippen LogP contribution is -2.12. The van der Waals surface area contributed by atoms with E-state index in [0.717, 1.165) is 39.5 Å². The highest BCUT2D eigenvalue weighted by Crippen LogP contribution is 2.36. The van der Waals surface area contributed by atoms with Crippen LogP contribution in [0.2, 0.25) is 0 Å². The van der Waals surface area contributed by atoms with Gasteiger partial charge >= 0.3 is 0 Å². The number of anilines is 1. The second kappa shape index (κ2) is 5.39. The number of rotatable bonds is 3. The van der Waals surface area contributed by atoms with Gasteiger partial charge in [0, 0.05) is 11.3 Å². The summed E-state index contributed by atoms with van der Waals surface area (Å²) in [5.41, 5.74) is 5.48. The van der Waals surface area contributed by atoms with Gasteiger partial charge in [-0.05, 0) is 54.7 Å². The Hall–Kier alpha value is -2.73. The molecule has 4 aromatic rings. The lowest BCUT2D eigenvalue weighted by Gasteiger charge is -2.07. The zero-order chi connectivity index (χ0) is 17.0. The molecule has 2 aromatic carbocycles. The van der Waals surface area contributed by atoms with Crippen LogP contribution < -0.4 is 5.32 Å². The van der Waals surface area contributed by atoms with Crippen LogP contribution in [-0.4, -0.2) is 21.1 Å². The molecule has 1 aliphatic rings. The van der Waals surface area contributed by atoms with Crippen LogP contribution in [0.5, 0.6) is 0 Å². The number of aromatic nitrogens is 3. The number of carbonyl (C=O) groups excluding carboxylic acids is 1. The minimum Gasteiger partial charge on any atom is -0.302 e. The highest BCUT2D eigenvalue weighted by atomic mass is 32.1. The van der Waals surface area contributed by atoms with Gasteiger partial charge in [0.2, 0.25) is 5.91 Å². The summed E-state index contributed by atoms with van der Waals surface area (Å²) in [6, 6.07) is 10.4. The number of aryl methyl sites for hydroxylation is 1. The first kappa shape index (κ1) is 14.6. The Morgan fingerprint density at radius 3 is 3.00 bits per heavy atom. The Morgan fingerprint density at radius 2 is 2.16 bits per heavy atom. The van der Waals surface area contributed by atoms with Crippen LogP contribution in [0.1, 0.15) is 18.4 Å². The van der Waals surface area contributed by atoms with E-state index in [-0.39, 0.29) is 11.8 Å². The number of nitrogens with one attached hydrogen (secondary N) is 2. The Morgan fingerprint density at radius 1 is 1.28 bits per heavy atom. The molecule has 0 bridgehead atoms. The van der Waals surface area contributed by atoms with E-state index in [9.17, 15) is 4.79 Å². The van der Waals surface area contributed by atoms with E-state index in [2.05, 4.69) is 51.7 Å². The average Bonchev–Trinajstić information content (AvgIpc) is 3.22. The van der Waals surface area contributed by atoms with E-state index in [1.165, 1.54) is 22.5 Å². The molecule has 6 heteroatoms. The third-order valence-corrected chi connectivity index (χ3v) is 5.62. The quantitative estimate of drug-likeness (QED) is 0.573. The van der Waals surface area contributed by atoms with Crippen molar-refractivity contribution in [2.45, 2.75) is 19.8 Å². The highest BCUT2D eigenvalue weighted by molar-refractivity contribution is 7.22. The number of nitrogens with zero attached hydrogens (tertiary/aromatic N) is 2. The predicted octanol–water partition coefficient (Wildman–Crippen LogP) is 4.50. The minimum atomic E-state index is 0.0956. The van der Waals surface area contributed by atoms with Crippen molar-refractivity contribution in [3.8, 4) is 11.1 Å². The summed E-state index contributed by atoms with van der Waals surface area (Å²) < 4.78 is 1.07. The van der Waals surface area contributed by atoms with Gasteiger partial charge in [-0.1, -0.05) is 23.5 Å². The highest BCUT2D eigenvalue weighted by Gasteiger charge is 2.30. The standard InChI is InChI=1S/C19H16N4OS/c1-10-2-6-14-13(9-20-23-14)17(10)12-5-7-15-16(8-12)25-19(21-15)22-18(24)11-3-4-11/h2,5-9,11H,3-4H2,1H3,(H,20,23)(H,21,22,24). The molecule has 0 atom stereocenters. The van der Waals surface area contributed by atoms with Crippen molar-refractivity contribution in [3.05, 3.63) is 42.1 Å². The molecular formula is C19H16N4OS. The second-order valence-corrected chi connectivity index (χ2v) is 7.58. The normalized spacial score (nSPS) is 14.3. The lowest BCUT2D eigenvalue weighted by molar-refractivity contribution is -0.117. The van der Waals surface area contributed by atoms with Crippen LogP contribution in [-0.2, 0) is 4.79 Å². The molecule has 1 aliphatic carbocycles. The van der Waals surface area contributed by atoms with Gasteiger partial charge in [-0.2, -0.15) is 5.10 Å². The van der Waals surface area contributed by atoms with Crippen LogP contribution in [0.25, 0.3) is 32.2 Å². The average molecular weight is 348 g/mol. The molecule has 0 unspecified atom stereocenters. The van der Waals surface area contributed by atoms with E-state index < -0.39 is 0 Å². The van der Waals surface area contributed by atoms with Gasteiger partial charge in [-0.3, -0.25) is 9.89 Å². The Labute approximate surface area is 148 Å². The van der Waals surface area contributed by atoms with Crippen molar-refractivity contribution in [2.75, 3.05) is 5.32 Å². The van der Waals surface area contributed by atoms with E-state index in [0.29, 0.717) is 5.13 Å². The molecule has 0 spiro atoms. The molecule has 2 heterocycles. The fourth-order valence-electron chi connectivity index (χ4n) is 3.20. The first-order valence-corrected chi connectivity index (χ1v) is 9.15. The van der Waals surface area contributed by atoms with Gasteiger partial charge in [0.15, 0.2) is 5.13 Å². The second-order valence-electron chi connectivity index (χ2n) is 6.55. The summed E-state index contributed by atoms with van der Waals surface area (Å²) in [5, 5.41) is 11.9. The molecule has 1 amide bonds. The molecular weight excluding hydrogens is 332 g/mol. The molecule has 0 radical (unpaired) electrons. The van der Waals surface area contributed by atoms with Gasteiger partial charge < -0.3 is 5.32 Å². The molecule has 2 N–H and O–H groups in total. The number of hydrogen-bond donors (Lipinski definition) is 2. The number of hydrogen-bond acceptors (Lipinski definition) is 4. The molecule has 0 aliphatic heterocycles. The molecule has 25 heavy (non-hydrogen) atoms. The van der Waals surface area contributed by atoms with Crippen LogP contribution >= 0.6 is 11.3 Å². The topological polar surface area (TPSA) is 70.7 Å². The Kier molecular flexibility index (Phi) is 3.15. The smallest absolute Gasteiger partial charge is 0.229 e. The van der Waals surface area contributed by atoms with E-state index in [4.69, 9.17) is 0 Å². The van der Waals surface area contributed by atoms with Crippen molar-refractivity contribution >= 4 is 43.5 Å². The van der Waals surface area contributed by atoms with Crippen molar-refractivity contribution in [1.82, 2.24) is 15.2 Å². The maximum atomic E-state index is 11.9. The number of benzene rings is 2. The summed E-state index contributed by atoms with van der Waals surface area (Å²) in [4.78, 5) is 16.5. The van der Waals surface area contributed by atoms with Crippen molar-refractivity contribution in [2.24, 2.45) is 5.92 Å². The summed E-state index contributed by atoms with van der Waals surface area (Å²) in [6.45, 7) is 2.11. The number of thiazole rings is 1. The maximum absolute atomic E-state index is 11.9. The monoisotopic (exact) mass is 348 g/mol. The number of aromatic amines is 1. The lowest BCUT2D eigenvalue weighted by atomic mass is 9.97. The third kappa shape index (κ3) is 2.49. The van der Waals surface area contributed by atoms with Crippen LogP contribution in [0.3, 0.4) is 0 Å². The molecule has 2 aromatic heterocycles. The zero-order valence-corrected chi connectivity index (χ0v) is 14.5. The number of H-pyrrole nitrogens is 1. The SMILES string of the molecule is Cc1ccc2[nH]ncc2c1-c1ccc2nc(NC(=O)C3CC3)sc2c1. The summed E-state index contributed by atoms with van der Waals surface area (Å²) in [7, 11) is 0. The third-order valence-electron chi connectivity index (χ3n) is 4.69. The molecule has 124 valence electrons. The maximum Gasteiger partial charge on any atom is 0.229 e. The fourth-order valence-corrected chi connectivity index (χ4v) is 4.10. The molecule has 5 nitrogen and oxygen atoms in total. The first-order valence-electron chi connectivity index (χ1n) is 8.33. The summed E-state index contributed by atoms with van der Waals surface area (Å²) >= 11 is 1.53. The van der Waals surface area contributed by atoms with Gasteiger partial charge in [-0.25, -0.2) is 4.98 Å². The van der Waals surface area contributed by atoms with E-state index in [1.807, 2.05) is 12.3 Å². The van der Waals surface area contributed by atoms with Crippen molar-refractivity contribution < 1.29 is 4.79 Å². The molecule has 1 fully saturated rings. The predicted molar refractivity (Wildman–Crippen MR) is 101 cm³/mol. The largest absolute Gasteiger partial charge is 0.302 e. The molecule has 1 saturated carbocycles. The number of carbonyl (C=O) groups is 1. The zero-order valence-electron chi connectivity index (χ0n) is 13.7. The summed E-state index contributed by atoms with van der Waals surface area (Å²) in [6.07, 6.45) is 3.86. The van der Waals surface area contributed by atoms with Gasteiger partial charge in [0.1, 0.15) is 0 Å². The van der Waals surface area contributed by atoms with Crippen LogP contribution in [0.15, 0.2) is 36.5 Å². The van der Waals surface area contributed by atoms with Gasteiger partial charge in [-0.15, -0.1) is 0 Å². The number of amides is 1. The van der Waals surface area contributed by atoms with Crippen LogP contribution in [0, 0.1) is 12.8 Å². The van der Waals surface area contributed by atoms with Gasteiger partial charge in [0.25, 0.3) is 0 Å². The van der Waals surface area contributed by atoms with Crippen molar-refractivity contribution in [1.29, 1.82) is 0 Å². The fraction of sp³-hybridized carbons (Fsp3) is 0.211. The van der Waals surface area contributed by atoms with Gasteiger partial charge in [0.05, 0.1) is 21.9 Å². The number of fused-ring (bicyclic) bond motifs is 2. The van der Waals surface area contributed by atoms with Crippen molar-refractivity contribution in [3.63, 3.8) is 0 Å². The van der Waals surface area contributed by atoms with Crippen LogP contribution in [0.4, 0.5) is 5.13 Å².